The van der Waals surface area contributed by atoms with E-state index in [1.807, 2.05) is 0 Å². The van der Waals surface area contributed by atoms with Crippen LogP contribution in [0, 0.1) is 0 Å². The number of hydrogen-bond donors (Lipinski definition) is 2. The second-order valence-electron chi connectivity index (χ2n) is 7.02. The van der Waals surface area contributed by atoms with Gasteiger partial charge in [-0.25, -0.2) is 4.98 Å². The number of aromatic hydroxyl groups is 1. The van der Waals surface area contributed by atoms with Crippen LogP contribution in [0.3, 0.4) is 0 Å². The molecule has 2 aromatic rings. The predicted octanol–water partition coefficient (Wildman–Crippen LogP) is 2.62. The van der Waals surface area contributed by atoms with Gasteiger partial charge in [-0.05, 0) is 37.3 Å². The van der Waals surface area contributed by atoms with Gasteiger partial charge in [0.25, 0.3) is 0 Å². The van der Waals surface area contributed by atoms with Gasteiger partial charge in [-0.2, -0.15) is 13.2 Å². The van der Waals surface area contributed by atoms with Crippen LogP contribution in [0.15, 0.2) is 18.5 Å². The van der Waals surface area contributed by atoms with Gasteiger partial charge in [0.05, 0.1) is 0 Å². The minimum Gasteiger partial charge on any atom is -0.507 e. The first-order valence-corrected chi connectivity index (χ1v) is 8.65. The maximum Gasteiger partial charge on any atom is 0.429 e. The van der Waals surface area contributed by atoms with Gasteiger partial charge in [0.1, 0.15) is 5.75 Å². The summed E-state index contributed by atoms with van der Waals surface area (Å²) in [6, 6.07) is 1.31. The molecule has 0 unspecified atom stereocenters. The van der Waals surface area contributed by atoms with Crippen molar-refractivity contribution in [3.63, 3.8) is 0 Å². The summed E-state index contributed by atoms with van der Waals surface area (Å²) in [4.78, 5) is 5.86. The van der Waals surface area contributed by atoms with Crippen LogP contribution in [0.1, 0.15) is 35.4 Å². The van der Waals surface area contributed by atoms with E-state index in [9.17, 15) is 23.4 Å². The average Bonchev–Trinajstić information content (AvgIpc) is 3.03. The van der Waals surface area contributed by atoms with Crippen LogP contribution in [0.4, 0.5) is 18.9 Å². The highest BCUT2D eigenvalue weighted by Crippen LogP contribution is 2.51. The van der Waals surface area contributed by atoms with Crippen LogP contribution in [0.2, 0.25) is 0 Å². The lowest BCUT2D eigenvalue weighted by atomic mass is 9.82. The Labute approximate surface area is 148 Å². The third-order valence-corrected chi connectivity index (χ3v) is 5.44. The van der Waals surface area contributed by atoms with Crippen molar-refractivity contribution < 1.29 is 23.4 Å². The first-order chi connectivity index (χ1) is 12.2. The zero-order valence-electron chi connectivity index (χ0n) is 14.3. The van der Waals surface area contributed by atoms with E-state index in [2.05, 4.69) is 9.88 Å². The van der Waals surface area contributed by atoms with Crippen molar-refractivity contribution in [1.82, 2.24) is 9.55 Å². The molecular formula is C18H20F3N3O2. The maximum absolute atomic E-state index is 14.0. The normalized spacial score (nSPS) is 19.2. The zero-order chi connectivity index (χ0) is 18.7. The molecule has 5 nitrogen and oxygen atoms in total. The van der Waals surface area contributed by atoms with Crippen LogP contribution in [-0.2, 0) is 25.5 Å². The van der Waals surface area contributed by atoms with E-state index in [1.165, 1.54) is 25.5 Å². The first kappa shape index (κ1) is 17.2. The summed E-state index contributed by atoms with van der Waals surface area (Å²) in [7, 11) is 1.39. The Morgan fingerprint density at radius 3 is 2.46 bits per heavy atom. The second-order valence-corrected chi connectivity index (χ2v) is 7.02. The molecule has 4 rings (SSSR count). The lowest BCUT2D eigenvalue weighted by Gasteiger charge is -2.39. The quantitative estimate of drug-likeness (QED) is 0.857. The Balaban J connectivity index is 2.01. The van der Waals surface area contributed by atoms with Crippen molar-refractivity contribution in [2.24, 2.45) is 7.05 Å². The molecule has 0 saturated carbocycles. The summed E-state index contributed by atoms with van der Waals surface area (Å²) in [5, 5.41) is 21.6. The SMILES string of the molecule is Cn1ccnc1[C@](O)(c1cc2c3c(c1O)CCCN3CCC2)C(F)(F)F. The van der Waals surface area contributed by atoms with E-state index in [-0.39, 0.29) is 0 Å². The number of hydrogen-bond acceptors (Lipinski definition) is 4. The minimum absolute atomic E-state index is 0.474. The molecule has 2 aliphatic rings. The van der Waals surface area contributed by atoms with Crippen LogP contribution in [-0.4, -0.2) is 39.0 Å². The first-order valence-electron chi connectivity index (χ1n) is 8.65. The Morgan fingerprint density at radius 1 is 1.15 bits per heavy atom. The van der Waals surface area contributed by atoms with Crippen molar-refractivity contribution in [3.8, 4) is 5.75 Å². The van der Waals surface area contributed by atoms with E-state index < -0.39 is 28.9 Å². The Morgan fingerprint density at radius 2 is 1.85 bits per heavy atom. The fourth-order valence-electron chi connectivity index (χ4n) is 4.23. The third-order valence-electron chi connectivity index (χ3n) is 5.44. The van der Waals surface area contributed by atoms with Gasteiger partial charge in [0, 0.05) is 49.3 Å². The van der Waals surface area contributed by atoms with Crippen molar-refractivity contribution in [1.29, 1.82) is 0 Å². The Bertz CT molecular complexity index is 860. The minimum atomic E-state index is -5.03. The summed E-state index contributed by atoms with van der Waals surface area (Å²) >= 11 is 0. The number of nitrogens with zero attached hydrogens (tertiary/aromatic N) is 3. The van der Waals surface area contributed by atoms with Crippen LogP contribution in [0.25, 0.3) is 0 Å². The molecule has 140 valence electrons. The summed E-state index contributed by atoms with van der Waals surface area (Å²) in [5.74, 6) is -1.03. The molecule has 2 aliphatic heterocycles. The summed E-state index contributed by atoms with van der Waals surface area (Å²) in [6.45, 7) is 1.67. The maximum atomic E-state index is 14.0. The highest BCUT2D eigenvalue weighted by atomic mass is 19.4. The van der Waals surface area contributed by atoms with Gasteiger partial charge >= 0.3 is 6.18 Å². The summed E-state index contributed by atoms with van der Waals surface area (Å²) in [6.07, 6.45) is 0.224. The van der Waals surface area contributed by atoms with Crippen LogP contribution < -0.4 is 4.90 Å². The molecule has 0 spiro atoms. The molecule has 0 aliphatic carbocycles. The average molecular weight is 367 g/mol. The number of anilines is 1. The molecule has 0 amide bonds. The number of rotatable bonds is 2. The number of aliphatic hydroxyl groups is 1. The lowest BCUT2D eigenvalue weighted by molar-refractivity contribution is -0.252. The molecule has 1 atom stereocenters. The number of benzene rings is 1. The number of alkyl halides is 3. The molecule has 26 heavy (non-hydrogen) atoms. The van der Waals surface area contributed by atoms with Crippen molar-refractivity contribution in [2.75, 3.05) is 18.0 Å². The van der Waals surface area contributed by atoms with Gasteiger partial charge in [0.2, 0.25) is 5.60 Å². The van der Waals surface area contributed by atoms with E-state index >= 15 is 0 Å². The molecule has 0 saturated heterocycles. The number of aromatic nitrogens is 2. The highest BCUT2D eigenvalue weighted by Gasteiger charge is 2.60. The van der Waals surface area contributed by atoms with Gasteiger partial charge in [-0.1, -0.05) is 0 Å². The smallest absolute Gasteiger partial charge is 0.429 e. The van der Waals surface area contributed by atoms with Crippen molar-refractivity contribution in [3.05, 3.63) is 41.0 Å². The molecule has 0 bridgehead atoms. The molecule has 0 fully saturated rings. The molecule has 8 heteroatoms. The summed E-state index contributed by atoms with van der Waals surface area (Å²) < 4.78 is 43.3. The fraction of sp³-hybridized carbons (Fsp3) is 0.500. The molecule has 2 N–H and O–H groups in total. The van der Waals surface area contributed by atoms with E-state index in [0.717, 1.165) is 41.7 Å². The Kier molecular flexibility index (Phi) is 3.73. The van der Waals surface area contributed by atoms with Gasteiger partial charge in [-0.15, -0.1) is 0 Å². The van der Waals surface area contributed by atoms with Crippen LogP contribution in [0.5, 0.6) is 5.75 Å². The van der Waals surface area contributed by atoms with E-state index in [0.29, 0.717) is 18.4 Å². The Hall–Kier alpha value is -2.22. The molecule has 1 aromatic heterocycles. The van der Waals surface area contributed by atoms with Gasteiger partial charge < -0.3 is 19.7 Å². The predicted molar refractivity (Wildman–Crippen MR) is 89.2 cm³/mol. The standard InChI is InChI=1S/C18H20F3N3O2/c1-23-9-6-22-16(23)17(26,18(19,20)21)13-10-11-4-2-7-24-8-3-5-12(14(11)24)15(13)25/h6,9-10,25-26H,2-5,7-8H2,1H3/t17-/m1/s1. The molecule has 0 radical (unpaired) electrons. The molecule has 3 heterocycles. The second kappa shape index (κ2) is 5.64. The van der Waals surface area contributed by atoms with Gasteiger partial charge in [0.15, 0.2) is 5.82 Å². The fourth-order valence-corrected chi connectivity index (χ4v) is 4.23. The number of imidazole rings is 1. The largest absolute Gasteiger partial charge is 0.507 e. The van der Waals surface area contributed by atoms with Crippen molar-refractivity contribution in [2.45, 2.75) is 37.5 Å². The zero-order valence-corrected chi connectivity index (χ0v) is 14.3. The number of phenolic OH excluding ortho intramolecular Hbond substituents is 1. The number of aryl methyl sites for hydroxylation is 2. The summed E-state index contributed by atoms with van der Waals surface area (Å²) in [5.41, 5.74) is -1.82. The molecule has 1 aromatic carbocycles. The van der Waals surface area contributed by atoms with Crippen molar-refractivity contribution >= 4 is 5.69 Å². The lowest BCUT2D eigenvalue weighted by Crippen LogP contribution is -2.46. The van der Waals surface area contributed by atoms with Crippen LogP contribution >= 0.6 is 0 Å². The van der Waals surface area contributed by atoms with E-state index in [4.69, 9.17) is 0 Å². The monoisotopic (exact) mass is 367 g/mol. The van der Waals surface area contributed by atoms with Gasteiger partial charge in [-0.3, -0.25) is 0 Å². The number of phenols is 1. The van der Waals surface area contributed by atoms with E-state index in [1.54, 1.807) is 0 Å². The molecular weight excluding hydrogens is 347 g/mol. The number of halogens is 3. The third kappa shape index (κ3) is 2.24. The topological polar surface area (TPSA) is 61.5 Å². The highest BCUT2D eigenvalue weighted by molar-refractivity contribution is 5.70.